The number of imidazole rings is 1. The molecule has 0 unspecified atom stereocenters. The summed E-state index contributed by atoms with van der Waals surface area (Å²) in [5.74, 6) is -7.49. The Balaban J connectivity index is 1.67. The van der Waals surface area contributed by atoms with E-state index in [-0.39, 0.29) is 27.8 Å². The largest absolute Gasteiger partial charge is 0.473 e. The van der Waals surface area contributed by atoms with Gasteiger partial charge < -0.3 is 30.4 Å². The van der Waals surface area contributed by atoms with E-state index in [1.165, 1.54) is 72.8 Å². The molecule has 1 saturated heterocycles. The molecule has 0 bridgehead atoms. The fourth-order valence-electron chi connectivity index (χ4n) is 6.76. The number of nitrogens with two attached hydrogens (primary N) is 1. The van der Waals surface area contributed by atoms with Crippen LogP contribution in [0.5, 0.6) is 0 Å². The molecular formula is C38H28N6O9. The number of Topliss-reactive ketones (excluding diaryl/α,β-unsaturated/α-hetero) is 3. The van der Waals surface area contributed by atoms with Gasteiger partial charge in [0.1, 0.15) is 12.2 Å². The van der Waals surface area contributed by atoms with Crippen LogP contribution in [-0.2, 0) is 15.2 Å². The summed E-state index contributed by atoms with van der Waals surface area (Å²) in [5.41, 5.74) is -0.873. The number of fused-ring (bicyclic) bond motifs is 1. The molecule has 3 heterocycles. The van der Waals surface area contributed by atoms with Crippen molar-refractivity contribution in [2.45, 2.75) is 17.4 Å². The van der Waals surface area contributed by atoms with Gasteiger partial charge in [-0.3, -0.25) is 19.0 Å². The Labute approximate surface area is 299 Å². The predicted molar refractivity (Wildman–Crippen MR) is 187 cm³/mol. The molecule has 2 aromatic heterocycles. The molecule has 15 heteroatoms. The lowest BCUT2D eigenvalue weighted by molar-refractivity contribution is -0.394. The lowest BCUT2D eigenvalue weighted by Gasteiger charge is -2.43. The van der Waals surface area contributed by atoms with Crippen LogP contribution in [0.2, 0.25) is 0 Å². The second kappa shape index (κ2) is 13.6. The molecule has 264 valence electrons. The Kier molecular flexibility index (Phi) is 8.87. The number of carbonyl (C=O) groups excluding carboxylic acids is 4. The quantitative estimate of drug-likeness (QED) is 0.0833. The molecule has 1 fully saturated rings. The molecule has 0 radical (unpaired) electrons. The molecule has 0 spiro atoms. The normalized spacial score (nSPS) is 20.8. The third-order valence-corrected chi connectivity index (χ3v) is 9.05. The van der Waals surface area contributed by atoms with Crippen LogP contribution >= 0.6 is 0 Å². The molecule has 0 aliphatic carbocycles. The molecule has 6 aromatic rings. The summed E-state index contributed by atoms with van der Waals surface area (Å²) in [6.45, 7) is -0.969. The van der Waals surface area contributed by atoms with Gasteiger partial charge in [0, 0.05) is 16.7 Å². The summed E-state index contributed by atoms with van der Waals surface area (Å²) in [6, 6.07) is 30.2. The van der Waals surface area contributed by atoms with Crippen molar-refractivity contribution >= 4 is 46.2 Å². The predicted octanol–water partition coefficient (Wildman–Crippen LogP) is 4.22. The zero-order valence-corrected chi connectivity index (χ0v) is 27.5. The first-order valence-electron chi connectivity index (χ1n) is 16.2. The molecule has 0 amide bonds. The highest BCUT2D eigenvalue weighted by Crippen LogP contribution is 2.55. The van der Waals surface area contributed by atoms with E-state index in [9.17, 15) is 24.8 Å². The molecule has 4 aromatic carbocycles. The van der Waals surface area contributed by atoms with Crippen molar-refractivity contribution in [3.05, 3.63) is 160 Å². The number of hydrogen-bond acceptors (Lipinski definition) is 13. The van der Waals surface area contributed by atoms with Crippen molar-refractivity contribution in [2.24, 2.45) is 5.92 Å². The average Bonchev–Trinajstić information content (AvgIpc) is 3.76. The molecule has 4 atom stereocenters. The summed E-state index contributed by atoms with van der Waals surface area (Å²) >= 11 is 0. The van der Waals surface area contributed by atoms with Gasteiger partial charge in [-0.15, -0.1) is 0 Å². The number of nitro groups is 1. The minimum Gasteiger partial charge on any atom is -0.440 e. The molecule has 15 nitrogen and oxygen atoms in total. The van der Waals surface area contributed by atoms with Gasteiger partial charge in [0.15, 0.2) is 11.3 Å². The Morgan fingerprint density at radius 3 is 1.83 bits per heavy atom. The lowest BCUT2D eigenvalue weighted by Crippen LogP contribution is -2.67. The first kappa shape index (κ1) is 34.5. The number of ether oxygens (including phenoxy) is 2. The number of ketones is 3. The maximum absolute atomic E-state index is 15.6. The highest BCUT2D eigenvalue weighted by atomic mass is 16.6. The topological polar surface area (TPSA) is 220 Å². The highest BCUT2D eigenvalue weighted by Gasteiger charge is 2.79. The van der Waals surface area contributed by atoms with Crippen LogP contribution < -0.4 is 5.73 Å². The standard InChI is InChI=1S/C38H28N6O9/c39-33-29-34(42-36(41-33)44(50)51)43(22-40-29)38(32(48)25-17-9-3-10-18-25)37(31(47)24-15-7-2-8-16-24,53-35(49)26-19-11-4-12-20-26)28(27(21-45)52-38)30(46)23-13-5-1-6-14-23/h1-20,22,27-28,45H,21H2,(H2,39,41,42)/t27-,28+,37+,38-/m1/s1. The SMILES string of the molecule is Nc1nc([N+](=O)[O-])nc2c1ncn2[C@]1(C(=O)c2ccccc2)O[C@H](CO)[C@@H](C(=O)c2ccccc2)[C@]1(OC(=O)c1ccccc1)C(=O)c1ccccc1. The van der Waals surface area contributed by atoms with Crippen LogP contribution in [0.25, 0.3) is 11.2 Å². The minimum atomic E-state index is -3.03. The number of hydrogen-bond donors (Lipinski definition) is 2. The number of aliphatic hydroxyl groups excluding tert-OH is 1. The van der Waals surface area contributed by atoms with Gasteiger partial charge >= 0.3 is 11.9 Å². The third-order valence-electron chi connectivity index (χ3n) is 9.05. The van der Waals surface area contributed by atoms with Gasteiger partial charge in [-0.2, -0.15) is 0 Å². The smallest absolute Gasteiger partial charge is 0.440 e. The summed E-state index contributed by atoms with van der Waals surface area (Å²) in [7, 11) is 0. The van der Waals surface area contributed by atoms with E-state index >= 15 is 9.59 Å². The monoisotopic (exact) mass is 712 g/mol. The van der Waals surface area contributed by atoms with Crippen LogP contribution in [0.15, 0.2) is 128 Å². The number of aliphatic hydroxyl groups is 1. The van der Waals surface area contributed by atoms with Crippen LogP contribution in [0, 0.1) is 16.0 Å². The van der Waals surface area contributed by atoms with E-state index in [1.54, 1.807) is 48.5 Å². The Hall–Kier alpha value is -6.97. The summed E-state index contributed by atoms with van der Waals surface area (Å²) in [5, 5.41) is 23.0. The Morgan fingerprint density at radius 1 is 0.792 bits per heavy atom. The van der Waals surface area contributed by atoms with Gasteiger partial charge in [-0.25, -0.2) is 9.78 Å². The maximum Gasteiger partial charge on any atom is 0.473 e. The van der Waals surface area contributed by atoms with Gasteiger partial charge in [-0.05, 0) is 27.0 Å². The van der Waals surface area contributed by atoms with Crippen molar-refractivity contribution in [3.8, 4) is 0 Å². The molecular weight excluding hydrogens is 684 g/mol. The third kappa shape index (κ3) is 5.51. The van der Waals surface area contributed by atoms with Crippen molar-refractivity contribution in [1.29, 1.82) is 0 Å². The van der Waals surface area contributed by atoms with Gasteiger partial charge in [0.25, 0.3) is 5.72 Å². The fourth-order valence-corrected chi connectivity index (χ4v) is 6.76. The van der Waals surface area contributed by atoms with Crippen molar-refractivity contribution in [3.63, 3.8) is 0 Å². The van der Waals surface area contributed by atoms with Crippen molar-refractivity contribution in [1.82, 2.24) is 19.5 Å². The number of benzene rings is 4. The van der Waals surface area contributed by atoms with E-state index in [4.69, 9.17) is 15.2 Å². The maximum atomic E-state index is 15.6. The Morgan fingerprint density at radius 2 is 1.30 bits per heavy atom. The number of esters is 1. The van der Waals surface area contributed by atoms with E-state index in [0.717, 1.165) is 10.9 Å². The first-order chi connectivity index (χ1) is 25.6. The molecule has 3 N–H and O–H groups in total. The van der Waals surface area contributed by atoms with Gasteiger partial charge in [0.2, 0.25) is 28.6 Å². The van der Waals surface area contributed by atoms with Crippen LogP contribution in [0.4, 0.5) is 11.8 Å². The molecule has 0 saturated carbocycles. The number of rotatable bonds is 11. The van der Waals surface area contributed by atoms with Gasteiger partial charge in [-0.1, -0.05) is 109 Å². The second-order valence-corrected chi connectivity index (χ2v) is 12.0. The second-order valence-electron chi connectivity index (χ2n) is 12.0. The van der Waals surface area contributed by atoms with Crippen LogP contribution in [0.3, 0.4) is 0 Å². The zero-order chi connectivity index (χ0) is 37.3. The van der Waals surface area contributed by atoms with E-state index in [2.05, 4.69) is 15.0 Å². The molecule has 7 rings (SSSR count). The molecule has 1 aliphatic rings. The molecule has 53 heavy (non-hydrogen) atoms. The van der Waals surface area contributed by atoms with Crippen LogP contribution in [-0.4, -0.2) is 71.2 Å². The number of nitrogen functional groups attached to an aromatic ring is 1. The summed E-state index contributed by atoms with van der Waals surface area (Å²) < 4.78 is 13.9. The van der Waals surface area contributed by atoms with E-state index in [0.29, 0.717) is 0 Å². The number of carbonyl (C=O) groups is 4. The highest BCUT2D eigenvalue weighted by molar-refractivity contribution is 6.17. The number of nitrogens with zero attached hydrogens (tertiary/aromatic N) is 5. The van der Waals surface area contributed by atoms with Crippen molar-refractivity contribution < 1.29 is 38.7 Å². The average molecular weight is 713 g/mol. The zero-order valence-electron chi connectivity index (χ0n) is 27.5. The summed E-state index contributed by atoms with van der Waals surface area (Å²) in [4.78, 5) is 83.7. The summed E-state index contributed by atoms with van der Waals surface area (Å²) in [6.07, 6.45) is -0.744. The van der Waals surface area contributed by atoms with Gasteiger partial charge in [0.05, 0.1) is 18.3 Å². The van der Waals surface area contributed by atoms with E-state index < -0.39 is 75.6 Å². The first-order valence-corrected chi connectivity index (χ1v) is 16.2. The van der Waals surface area contributed by atoms with E-state index in [1.807, 2.05) is 0 Å². The minimum absolute atomic E-state index is 0.0289. The van der Waals surface area contributed by atoms with Crippen LogP contribution in [0.1, 0.15) is 41.4 Å². The molecule has 1 aliphatic heterocycles. The Bertz CT molecular complexity index is 2380. The fraction of sp³-hybridized carbons (Fsp3) is 0.132. The lowest BCUT2D eigenvalue weighted by atomic mass is 9.68. The number of aromatic nitrogens is 4. The van der Waals surface area contributed by atoms with Crippen molar-refractivity contribution in [2.75, 3.05) is 12.3 Å². The number of anilines is 1.